The Morgan fingerprint density at radius 2 is 1.75 bits per heavy atom. The van der Waals surface area contributed by atoms with Crippen molar-refractivity contribution in [1.29, 1.82) is 0 Å². The number of anilines is 1. The van der Waals surface area contributed by atoms with Gasteiger partial charge >= 0.3 is 0 Å². The number of hydrogen-bond donors (Lipinski definition) is 1. The van der Waals surface area contributed by atoms with Crippen molar-refractivity contribution in [2.24, 2.45) is 0 Å². The van der Waals surface area contributed by atoms with Crippen LogP contribution in [-0.2, 0) is 19.3 Å². The minimum atomic E-state index is 0.535. The molecule has 4 heteroatoms. The molecular formula is C16H20BrN3. The van der Waals surface area contributed by atoms with Crippen LogP contribution in [0.1, 0.15) is 35.9 Å². The molecule has 0 radical (unpaired) electrons. The smallest absolute Gasteiger partial charge is 0.145 e. The number of benzene rings is 1. The second kappa shape index (κ2) is 6.84. The summed E-state index contributed by atoms with van der Waals surface area (Å²) in [5, 5.41) is 0. The molecule has 0 bridgehead atoms. The van der Waals surface area contributed by atoms with Crippen LogP contribution < -0.4 is 5.73 Å². The molecule has 0 amide bonds. The molecule has 3 nitrogen and oxygen atoms in total. The lowest BCUT2D eigenvalue weighted by Gasteiger charge is -2.03. The minimum Gasteiger partial charge on any atom is -0.382 e. The Morgan fingerprint density at radius 1 is 1.15 bits per heavy atom. The van der Waals surface area contributed by atoms with Crippen molar-refractivity contribution in [2.45, 2.75) is 39.5 Å². The van der Waals surface area contributed by atoms with E-state index in [4.69, 9.17) is 5.73 Å². The number of nitrogens with two attached hydrogens (primary N) is 1. The predicted octanol–water partition coefficient (Wildman–Crippen LogP) is 3.87. The number of aryl methyl sites for hydroxylation is 4. The lowest BCUT2D eigenvalue weighted by molar-refractivity contribution is 0.912. The van der Waals surface area contributed by atoms with Gasteiger partial charge in [0.15, 0.2) is 0 Å². The van der Waals surface area contributed by atoms with E-state index in [0.717, 1.165) is 22.4 Å². The average molecular weight is 334 g/mol. The number of nitrogens with zero attached hydrogens (tertiary/aromatic N) is 2. The molecule has 2 aromatic rings. The Morgan fingerprint density at radius 3 is 2.30 bits per heavy atom. The molecule has 1 aromatic carbocycles. The third-order valence-corrected chi connectivity index (χ3v) is 4.21. The van der Waals surface area contributed by atoms with Gasteiger partial charge in [0.1, 0.15) is 10.4 Å². The summed E-state index contributed by atoms with van der Waals surface area (Å²) in [6.07, 6.45) is 4.78. The van der Waals surface area contributed by atoms with E-state index in [2.05, 4.69) is 50.2 Å². The van der Waals surface area contributed by atoms with Crippen molar-refractivity contribution in [3.05, 3.63) is 51.4 Å². The second-order valence-electron chi connectivity index (χ2n) is 4.91. The summed E-state index contributed by atoms with van der Waals surface area (Å²) in [7, 11) is 0. The van der Waals surface area contributed by atoms with Crippen LogP contribution in [0.2, 0.25) is 0 Å². The SMILES string of the molecule is CCc1nc(Br)c(C)nc1N.c1ccc2c(c1)CCC2. The molecule has 0 atom stereocenters. The Balaban J connectivity index is 0.000000149. The van der Waals surface area contributed by atoms with Crippen LogP contribution >= 0.6 is 15.9 Å². The molecule has 2 N–H and O–H groups in total. The Bertz CT molecular complexity index is 573. The molecule has 3 rings (SSSR count). The van der Waals surface area contributed by atoms with E-state index >= 15 is 0 Å². The first-order valence-electron chi connectivity index (χ1n) is 6.97. The molecule has 1 aliphatic rings. The summed E-state index contributed by atoms with van der Waals surface area (Å²) >= 11 is 3.29. The highest BCUT2D eigenvalue weighted by molar-refractivity contribution is 9.10. The molecule has 0 fully saturated rings. The lowest BCUT2D eigenvalue weighted by atomic mass is 10.1. The average Bonchev–Trinajstić information content (AvgIpc) is 2.92. The van der Waals surface area contributed by atoms with E-state index in [1.54, 1.807) is 11.1 Å². The van der Waals surface area contributed by atoms with Crippen molar-refractivity contribution in [2.75, 3.05) is 5.73 Å². The molecule has 20 heavy (non-hydrogen) atoms. The number of aromatic nitrogens is 2. The van der Waals surface area contributed by atoms with Crippen molar-refractivity contribution in [3.63, 3.8) is 0 Å². The molecule has 0 unspecified atom stereocenters. The lowest BCUT2D eigenvalue weighted by Crippen LogP contribution is -2.02. The van der Waals surface area contributed by atoms with E-state index in [-0.39, 0.29) is 0 Å². The highest BCUT2D eigenvalue weighted by Crippen LogP contribution is 2.20. The van der Waals surface area contributed by atoms with Crippen LogP contribution in [0.15, 0.2) is 28.9 Å². The molecule has 0 saturated heterocycles. The van der Waals surface area contributed by atoms with Crippen LogP contribution in [0.5, 0.6) is 0 Å². The fourth-order valence-corrected chi connectivity index (χ4v) is 2.63. The van der Waals surface area contributed by atoms with Gasteiger partial charge in [0, 0.05) is 0 Å². The molecule has 106 valence electrons. The maximum atomic E-state index is 5.61. The zero-order chi connectivity index (χ0) is 14.5. The number of hydrogen-bond acceptors (Lipinski definition) is 3. The Labute approximate surface area is 128 Å². The molecule has 0 spiro atoms. The maximum absolute atomic E-state index is 5.61. The highest BCUT2D eigenvalue weighted by atomic mass is 79.9. The third kappa shape index (κ3) is 3.57. The summed E-state index contributed by atoms with van der Waals surface area (Å²) in [5.41, 5.74) is 10.4. The quantitative estimate of drug-likeness (QED) is 0.861. The Hall–Kier alpha value is -1.42. The summed E-state index contributed by atoms with van der Waals surface area (Å²) in [6, 6.07) is 8.74. The molecule has 0 aliphatic heterocycles. The first-order valence-corrected chi connectivity index (χ1v) is 7.76. The van der Waals surface area contributed by atoms with Gasteiger partial charge in [-0.3, -0.25) is 0 Å². The van der Waals surface area contributed by atoms with E-state index in [0.29, 0.717) is 5.82 Å². The van der Waals surface area contributed by atoms with Crippen molar-refractivity contribution in [3.8, 4) is 0 Å². The van der Waals surface area contributed by atoms with Gasteiger partial charge < -0.3 is 5.73 Å². The van der Waals surface area contributed by atoms with Gasteiger partial charge in [-0.25, -0.2) is 9.97 Å². The normalized spacial score (nSPS) is 12.6. The summed E-state index contributed by atoms with van der Waals surface area (Å²) < 4.78 is 0.781. The number of halogens is 1. The van der Waals surface area contributed by atoms with E-state index in [9.17, 15) is 0 Å². The highest BCUT2D eigenvalue weighted by Gasteiger charge is 2.07. The minimum absolute atomic E-state index is 0.535. The van der Waals surface area contributed by atoms with Crippen LogP contribution in [0.3, 0.4) is 0 Å². The van der Waals surface area contributed by atoms with E-state index in [1.807, 2.05) is 13.8 Å². The standard InChI is InChI=1S/C9H10.C7H10BrN3/c1-2-5-9-7-3-6-8(9)4-1;1-3-5-7(9)10-4(2)6(8)11-5/h1-2,4-5H,3,6-7H2;3H2,1-2H3,(H2,9,10). The molecule has 1 aliphatic carbocycles. The first kappa shape index (κ1) is 15.0. The summed E-state index contributed by atoms with van der Waals surface area (Å²) in [6.45, 7) is 3.87. The predicted molar refractivity (Wildman–Crippen MR) is 86.7 cm³/mol. The van der Waals surface area contributed by atoms with Crippen molar-refractivity contribution < 1.29 is 0 Å². The van der Waals surface area contributed by atoms with Crippen molar-refractivity contribution >= 4 is 21.7 Å². The Kier molecular flexibility index (Phi) is 5.12. The molecule has 1 heterocycles. The van der Waals surface area contributed by atoms with E-state index in [1.165, 1.54) is 19.3 Å². The van der Waals surface area contributed by atoms with Crippen LogP contribution in [-0.4, -0.2) is 9.97 Å². The zero-order valence-corrected chi connectivity index (χ0v) is 13.6. The fourth-order valence-electron chi connectivity index (χ4n) is 2.32. The van der Waals surface area contributed by atoms with Gasteiger partial charge in [0.05, 0.1) is 11.4 Å². The van der Waals surface area contributed by atoms with Crippen LogP contribution in [0, 0.1) is 6.92 Å². The van der Waals surface area contributed by atoms with Gasteiger partial charge in [-0.15, -0.1) is 0 Å². The fraction of sp³-hybridized carbons (Fsp3) is 0.375. The molecular weight excluding hydrogens is 314 g/mol. The van der Waals surface area contributed by atoms with Crippen molar-refractivity contribution in [1.82, 2.24) is 9.97 Å². The molecule has 0 saturated carbocycles. The largest absolute Gasteiger partial charge is 0.382 e. The van der Waals surface area contributed by atoms with Crippen LogP contribution in [0.25, 0.3) is 0 Å². The van der Waals surface area contributed by atoms with Gasteiger partial charge in [0.2, 0.25) is 0 Å². The first-order chi connectivity index (χ1) is 9.61. The van der Waals surface area contributed by atoms with Gasteiger partial charge in [-0.1, -0.05) is 31.2 Å². The number of nitrogen functional groups attached to an aromatic ring is 1. The second-order valence-corrected chi connectivity index (χ2v) is 5.66. The van der Waals surface area contributed by atoms with Crippen LogP contribution in [0.4, 0.5) is 5.82 Å². The monoisotopic (exact) mass is 333 g/mol. The topological polar surface area (TPSA) is 51.8 Å². The van der Waals surface area contributed by atoms with Gasteiger partial charge in [-0.2, -0.15) is 0 Å². The number of rotatable bonds is 1. The summed E-state index contributed by atoms with van der Waals surface area (Å²) in [5.74, 6) is 0.535. The van der Waals surface area contributed by atoms with E-state index < -0.39 is 0 Å². The third-order valence-electron chi connectivity index (χ3n) is 3.46. The molecule has 1 aromatic heterocycles. The zero-order valence-electron chi connectivity index (χ0n) is 12.0. The summed E-state index contributed by atoms with van der Waals surface area (Å²) in [4.78, 5) is 8.33. The van der Waals surface area contributed by atoms with Gasteiger partial charge in [0.25, 0.3) is 0 Å². The maximum Gasteiger partial charge on any atom is 0.145 e. The number of fused-ring (bicyclic) bond motifs is 1. The van der Waals surface area contributed by atoms with Gasteiger partial charge in [-0.05, 0) is 59.7 Å².